The minimum atomic E-state index is -4.00. The zero-order valence-corrected chi connectivity index (χ0v) is 24.1. The summed E-state index contributed by atoms with van der Waals surface area (Å²) < 4.78 is 69.4. The maximum absolute atomic E-state index is 14.9. The third-order valence-corrected chi connectivity index (χ3v) is 8.49. The lowest BCUT2D eigenvalue weighted by Crippen LogP contribution is -2.29. The van der Waals surface area contributed by atoms with Crippen molar-refractivity contribution in [2.75, 3.05) is 15.4 Å². The van der Waals surface area contributed by atoms with Crippen LogP contribution in [-0.4, -0.2) is 24.9 Å². The van der Waals surface area contributed by atoms with E-state index in [1.807, 2.05) is 0 Å². The molecule has 11 heteroatoms. The van der Waals surface area contributed by atoms with Crippen molar-refractivity contribution in [2.24, 2.45) is 0 Å². The lowest BCUT2D eigenvalue weighted by atomic mass is 10.2. The van der Waals surface area contributed by atoms with Crippen LogP contribution >= 0.6 is 0 Å². The van der Waals surface area contributed by atoms with Crippen molar-refractivity contribution < 1.29 is 31.5 Å². The van der Waals surface area contributed by atoms with Gasteiger partial charge in [-0.15, -0.1) is 6.58 Å². The molecule has 0 heterocycles. The van der Waals surface area contributed by atoms with Gasteiger partial charge < -0.3 is 14.8 Å². The standard InChI is InChI=1S/C30H33F2N3O5S/c1-6-12-30(13-14-30)41(37,38)35-27-25(34-24-11-10-19(2)15-23(24)32)16-20(31)17-26(27)39-22-9-7-8-21(18-22)33-28(36)40-29(3,4)5/h6-11,15-18,34-35H,1,12-14H2,2-5H3,(H,33,36). The van der Waals surface area contributed by atoms with E-state index < -0.39 is 38.1 Å². The van der Waals surface area contributed by atoms with Crippen LogP contribution in [0.5, 0.6) is 11.5 Å². The number of carbonyl (C=O) groups is 1. The van der Waals surface area contributed by atoms with Crippen molar-refractivity contribution in [1.82, 2.24) is 0 Å². The molecule has 41 heavy (non-hydrogen) atoms. The summed E-state index contributed by atoms with van der Waals surface area (Å²) in [5, 5.41) is 5.40. The molecule has 0 aliphatic heterocycles. The number of hydrogen-bond acceptors (Lipinski definition) is 6. The van der Waals surface area contributed by atoms with Crippen LogP contribution in [0.15, 0.2) is 67.3 Å². The summed E-state index contributed by atoms with van der Waals surface area (Å²) in [4.78, 5) is 12.2. The van der Waals surface area contributed by atoms with E-state index in [2.05, 4.69) is 21.9 Å². The monoisotopic (exact) mass is 585 g/mol. The van der Waals surface area contributed by atoms with Gasteiger partial charge >= 0.3 is 6.09 Å². The molecule has 3 N–H and O–H groups in total. The van der Waals surface area contributed by atoms with Gasteiger partial charge in [-0.1, -0.05) is 18.2 Å². The number of aryl methyl sites for hydroxylation is 1. The molecule has 3 aromatic rings. The normalized spacial score (nSPS) is 14.1. The summed E-state index contributed by atoms with van der Waals surface area (Å²) in [5.74, 6) is -1.36. The molecule has 3 aromatic carbocycles. The average molecular weight is 586 g/mol. The molecule has 218 valence electrons. The number of ether oxygens (including phenoxy) is 2. The predicted molar refractivity (Wildman–Crippen MR) is 157 cm³/mol. The highest BCUT2D eigenvalue weighted by molar-refractivity contribution is 7.94. The highest BCUT2D eigenvalue weighted by atomic mass is 32.2. The van der Waals surface area contributed by atoms with Gasteiger partial charge in [0.1, 0.15) is 28.7 Å². The Kier molecular flexibility index (Phi) is 8.30. The first-order valence-electron chi connectivity index (χ1n) is 13.0. The predicted octanol–water partition coefficient (Wildman–Crippen LogP) is 8.01. The quantitative estimate of drug-likeness (QED) is 0.208. The summed E-state index contributed by atoms with van der Waals surface area (Å²) in [6.45, 7) is 10.6. The first kappa shape index (κ1) is 29.9. The zero-order chi connectivity index (χ0) is 30.0. The van der Waals surface area contributed by atoms with E-state index in [0.29, 0.717) is 24.1 Å². The fraction of sp³-hybridized carbons (Fsp3) is 0.300. The van der Waals surface area contributed by atoms with Gasteiger partial charge in [0.05, 0.1) is 16.1 Å². The second-order valence-electron chi connectivity index (χ2n) is 11.0. The molecule has 8 nitrogen and oxygen atoms in total. The van der Waals surface area contributed by atoms with Crippen molar-refractivity contribution >= 4 is 38.9 Å². The van der Waals surface area contributed by atoms with E-state index in [0.717, 1.165) is 12.1 Å². The van der Waals surface area contributed by atoms with E-state index >= 15 is 0 Å². The lowest BCUT2D eigenvalue weighted by molar-refractivity contribution is 0.0636. The third kappa shape index (κ3) is 7.35. The molecule has 1 aliphatic carbocycles. The van der Waals surface area contributed by atoms with Gasteiger partial charge in [0.25, 0.3) is 0 Å². The van der Waals surface area contributed by atoms with Crippen molar-refractivity contribution in [3.63, 3.8) is 0 Å². The smallest absolute Gasteiger partial charge is 0.412 e. The Bertz CT molecular complexity index is 1580. The Labute approximate surface area is 238 Å². The number of halogens is 2. The van der Waals surface area contributed by atoms with Gasteiger partial charge in [-0.05, 0) is 82.9 Å². The van der Waals surface area contributed by atoms with Crippen molar-refractivity contribution in [1.29, 1.82) is 0 Å². The fourth-order valence-electron chi connectivity index (χ4n) is 4.15. The number of sulfonamides is 1. The SMILES string of the molecule is C=CCC1(S(=O)(=O)Nc2c(Nc3ccc(C)cc3F)cc(F)cc2Oc2cccc(NC(=O)OC(C)(C)C)c2)CC1. The number of allylic oxidation sites excluding steroid dienone is 1. The van der Waals surface area contributed by atoms with Gasteiger partial charge in [0.15, 0.2) is 5.75 Å². The highest BCUT2D eigenvalue weighted by Crippen LogP contribution is 2.49. The number of benzene rings is 3. The summed E-state index contributed by atoms with van der Waals surface area (Å²) in [5.41, 5.74) is 0.159. The van der Waals surface area contributed by atoms with E-state index in [1.165, 1.54) is 24.3 Å². The Morgan fingerprint density at radius 2 is 1.80 bits per heavy atom. The number of amides is 1. The fourth-order valence-corrected chi connectivity index (χ4v) is 5.82. The number of hydrogen-bond donors (Lipinski definition) is 3. The molecular formula is C30H33F2N3O5S. The second-order valence-corrected chi connectivity index (χ2v) is 13.0. The summed E-state index contributed by atoms with van der Waals surface area (Å²) >= 11 is 0. The molecule has 1 amide bonds. The maximum atomic E-state index is 14.9. The first-order valence-corrected chi connectivity index (χ1v) is 14.5. The Morgan fingerprint density at radius 1 is 1.07 bits per heavy atom. The Morgan fingerprint density at radius 3 is 2.44 bits per heavy atom. The zero-order valence-electron chi connectivity index (χ0n) is 23.3. The second kappa shape index (κ2) is 11.4. The van der Waals surface area contributed by atoms with Crippen molar-refractivity contribution in [3.8, 4) is 11.5 Å². The maximum Gasteiger partial charge on any atom is 0.412 e. The topological polar surface area (TPSA) is 106 Å². The molecule has 4 rings (SSSR count). The minimum absolute atomic E-state index is 0.0170. The van der Waals surface area contributed by atoms with Gasteiger partial charge in [0.2, 0.25) is 10.0 Å². The molecule has 0 radical (unpaired) electrons. The highest BCUT2D eigenvalue weighted by Gasteiger charge is 2.54. The van der Waals surface area contributed by atoms with Crippen LogP contribution < -0.4 is 20.1 Å². The van der Waals surface area contributed by atoms with Crippen LogP contribution in [0, 0.1) is 18.6 Å². The minimum Gasteiger partial charge on any atom is -0.455 e. The van der Waals surface area contributed by atoms with E-state index in [9.17, 15) is 22.0 Å². The molecular weight excluding hydrogens is 552 g/mol. The molecule has 0 saturated heterocycles. The molecule has 1 aliphatic rings. The molecule has 1 fully saturated rings. The van der Waals surface area contributed by atoms with E-state index in [-0.39, 0.29) is 35.0 Å². The Hall–Kier alpha value is -4.12. The number of nitrogens with one attached hydrogen (secondary N) is 3. The summed E-state index contributed by atoms with van der Waals surface area (Å²) in [6.07, 6.45) is 1.95. The summed E-state index contributed by atoms with van der Waals surface area (Å²) in [7, 11) is -4.00. The molecule has 1 saturated carbocycles. The van der Waals surface area contributed by atoms with Gasteiger partial charge in [-0.3, -0.25) is 10.0 Å². The number of carbonyl (C=O) groups excluding carboxylic acids is 1. The van der Waals surface area contributed by atoms with Crippen LogP contribution in [-0.2, 0) is 14.8 Å². The molecule has 0 bridgehead atoms. The third-order valence-electron chi connectivity index (χ3n) is 6.30. The molecule has 0 spiro atoms. The van der Waals surface area contributed by atoms with E-state index in [1.54, 1.807) is 52.0 Å². The van der Waals surface area contributed by atoms with E-state index in [4.69, 9.17) is 9.47 Å². The van der Waals surface area contributed by atoms with Crippen molar-refractivity contribution in [2.45, 2.75) is 57.3 Å². The molecule has 0 atom stereocenters. The van der Waals surface area contributed by atoms with Crippen LogP contribution in [0.25, 0.3) is 0 Å². The molecule has 0 unspecified atom stereocenters. The summed E-state index contributed by atoms with van der Waals surface area (Å²) in [6, 6.07) is 12.7. The van der Waals surface area contributed by atoms with Crippen molar-refractivity contribution in [3.05, 3.63) is 84.5 Å². The number of rotatable bonds is 10. The first-order chi connectivity index (χ1) is 19.2. The number of anilines is 4. The Balaban J connectivity index is 1.73. The van der Waals surface area contributed by atoms with Crippen LogP contribution in [0.4, 0.5) is 36.3 Å². The van der Waals surface area contributed by atoms with Crippen LogP contribution in [0.1, 0.15) is 45.6 Å². The van der Waals surface area contributed by atoms with Gasteiger partial charge in [-0.25, -0.2) is 22.0 Å². The molecule has 0 aromatic heterocycles. The average Bonchev–Trinajstić information content (AvgIpc) is 3.64. The largest absolute Gasteiger partial charge is 0.455 e. The van der Waals surface area contributed by atoms with Crippen LogP contribution in [0.2, 0.25) is 0 Å². The van der Waals surface area contributed by atoms with Gasteiger partial charge in [0, 0.05) is 17.8 Å². The lowest BCUT2D eigenvalue weighted by Gasteiger charge is -2.22. The van der Waals surface area contributed by atoms with Crippen LogP contribution in [0.3, 0.4) is 0 Å². The van der Waals surface area contributed by atoms with Gasteiger partial charge in [-0.2, -0.15) is 0 Å².